The van der Waals surface area contributed by atoms with Gasteiger partial charge in [-0.2, -0.15) is 0 Å². The molecule has 0 N–H and O–H groups in total. The van der Waals surface area contributed by atoms with Crippen LogP contribution < -0.4 is 0 Å². The fourth-order valence-electron chi connectivity index (χ4n) is 1.15. The Bertz CT molecular complexity index is 293. The maximum Gasteiger partial charge on any atom is 0.164 e. The molecule has 0 bridgehead atoms. The molecular formula is C9H7OS. The van der Waals surface area contributed by atoms with Gasteiger partial charge in [0.05, 0.1) is 0 Å². The van der Waals surface area contributed by atoms with E-state index in [4.69, 9.17) is 0 Å². The summed E-state index contributed by atoms with van der Waals surface area (Å²) >= 11 is 1.75. The molecule has 0 amide bonds. The normalized spacial score (nSPS) is 16.2. The number of ketones is 1. The third kappa shape index (κ3) is 1.18. The van der Waals surface area contributed by atoms with Crippen molar-refractivity contribution in [2.45, 2.75) is 11.3 Å². The Kier molecular flexibility index (Phi) is 1.70. The largest absolute Gasteiger partial charge is 0.294 e. The summed E-state index contributed by atoms with van der Waals surface area (Å²) in [6.45, 7) is 0. The van der Waals surface area contributed by atoms with E-state index in [1.54, 1.807) is 17.8 Å². The van der Waals surface area contributed by atoms with Gasteiger partial charge in [0.25, 0.3) is 0 Å². The maximum absolute atomic E-state index is 11.3. The average molecular weight is 163 g/mol. The third-order valence-electron chi connectivity index (χ3n) is 1.71. The number of rotatable bonds is 0. The van der Waals surface area contributed by atoms with Crippen molar-refractivity contribution in [1.82, 2.24) is 0 Å². The van der Waals surface area contributed by atoms with E-state index < -0.39 is 0 Å². The molecule has 1 aromatic carbocycles. The van der Waals surface area contributed by atoms with Gasteiger partial charge in [-0.05, 0) is 18.2 Å². The number of carbonyl (C=O) groups is 1. The van der Waals surface area contributed by atoms with Crippen LogP contribution in [-0.4, -0.2) is 11.5 Å². The first-order chi connectivity index (χ1) is 5.38. The number of thioether (sulfide) groups is 1. The van der Waals surface area contributed by atoms with E-state index in [0.29, 0.717) is 6.42 Å². The summed E-state index contributed by atoms with van der Waals surface area (Å²) in [6.07, 6.45) is 0.676. The molecule has 0 spiro atoms. The number of fused-ring (bicyclic) bond motifs is 1. The molecule has 1 aromatic rings. The molecule has 0 saturated carbocycles. The van der Waals surface area contributed by atoms with Crippen LogP contribution in [0.2, 0.25) is 0 Å². The summed E-state index contributed by atoms with van der Waals surface area (Å²) in [7, 11) is 0. The van der Waals surface area contributed by atoms with Crippen molar-refractivity contribution >= 4 is 17.5 Å². The fourth-order valence-corrected chi connectivity index (χ4v) is 2.15. The van der Waals surface area contributed by atoms with Crippen molar-refractivity contribution in [3.05, 3.63) is 29.8 Å². The van der Waals surface area contributed by atoms with E-state index in [2.05, 4.69) is 6.07 Å². The van der Waals surface area contributed by atoms with Crippen LogP contribution in [0.25, 0.3) is 0 Å². The molecule has 0 aromatic heterocycles. The van der Waals surface area contributed by atoms with E-state index >= 15 is 0 Å². The van der Waals surface area contributed by atoms with Gasteiger partial charge in [0, 0.05) is 22.6 Å². The van der Waals surface area contributed by atoms with Crippen molar-refractivity contribution in [1.29, 1.82) is 0 Å². The Morgan fingerprint density at radius 3 is 3.27 bits per heavy atom. The molecule has 0 unspecified atom stereocenters. The zero-order chi connectivity index (χ0) is 7.68. The van der Waals surface area contributed by atoms with Crippen LogP contribution in [-0.2, 0) is 0 Å². The van der Waals surface area contributed by atoms with Crippen molar-refractivity contribution in [2.75, 3.05) is 5.75 Å². The second kappa shape index (κ2) is 2.70. The average Bonchev–Trinajstić information content (AvgIpc) is 2.06. The van der Waals surface area contributed by atoms with Crippen LogP contribution in [0.1, 0.15) is 16.8 Å². The van der Waals surface area contributed by atoms with E-state index in [1.807, 2.05) is 12.1 Å². The highest BCUT2D eigenvalue weighted by Crippen LogP contribution is 2.28. The van der Waals surface area contributed by atoms with Gasteiger partial charge in [0.2, 0.25) is 0 Å². The van der Waals surface area contributed by atoms with Gasteiger partial charge in [-0.3, -0.25) is 4.79 Å². The zero-order valence-corrected chi connectivity index (χ0v) is 6.78. The molecule has 2 rings (SSSR count). The monoisotopic (exact) mass is 163 g/mol. The first-order valence-corrected chi connectivity index (χ1v) is 4.52. The van der Waals surface area contributed by atoms with Gasteiger partial charge < -0.3 is 0 Å². The van der Waals surface area contributed by atoms with Crippen LogP contribution in [0.3, 0.4) is 0 Å². The topological polar surface area (TPSA) is 17.1 Å². The van der Waals surface area contributed by atoms with Crippen LogP contribution in [0.15, 0.2) is 23.1 Å². The smallest absolute Gasteiger partial charge is 0.164 e. The minimum atomic E-state index is 0.260. The molecule has 0 aliphatic carbocycles. The van der Waals surface area contributed by atoms with Gasteiger partial charge in [-0.25, -0.2) is 0 Å². The summed E-state index contributed by atoms with van der Waals surface area (Å²) in [4.78, 5) is 12.4. The molecular weight excluding hydrogens is 156 g/mol. The summed E-state index contributed by atoms with van der Waals surface area (Å²) < 4.78 is 0. The van der Waals surface area contributed by atoms with Crippen molar-refractivity contribution in [3.63, 3.8) is 0 Å². The predicted molar refractivity (Wildman–Crippen MR) is 44.9 cm³/mol. The molecule has 0 atom stereocenters. The van der Waals surface area contributed by atoms with Crippen LogP contribution >= 0.6 is 11.8 Å². The van der Waals surface area contributed by atoms with Gasteiger partial charge in [-0.15, -0.1) is 11.8 Å². The minimum absolute atomic E-state index is 0.260. The quantitative estimate of drug-likeness (QED) is 0.583. The third-order valence-corrected chi connectivity index (χ3v) is 2.79. The molecule has 1 aliphatic heterocycles. The first-order valence-electron chi connectivity index (χ1n) is 3.54. The van der Waals surface area contributed by atoms with Crippen molar-refractivity contribution in [3.8, 4) is 0 Å². The van der Waals surface area contributed by atoms with Gasteiger partial charge in [0.15, 0.2) is 5.78 Å². The lowest BCUT2D eigenvalue weighted by Crippen LogP contribution is -2.07. The van der Waals surface area contributed by atoms with Crippen LogP contribution in [0.4, 0.5) is 0 Å². The molecule has 0 fully saturated rings. The number of Topliss-reactive ketones (excluding diaryl/α,β-unsaturated/α-hetero) is 1. The fraction of sp³-hybridized carbons (Fsp3) is 0.222. The predicted octanol–water partition coefficient (Wildman–Crippen LogP) is 2.17. The highest BCUT2D eigenvalue weighted by Gasteiger charge is 2.15. The summed E-state index contributed by atoms with van der Waals surface area (Å²) in [5, 5.41) is 0. The lowest BCUT2D eigenvalue weighted by Gasteiger charge is -2.12. The second-order valence-corrected chi connectivity index (χ2v) is 3.58. The minimum Gasteiger partial charge on any atom is -0.294 e. The summed E-state index contributed by atoms with van der Waals surface area (Å²) in [5.41, 5.74) is 0.851. The van der Waals surface area contributed by atoms with Gasteiger partial charge in [0.1, 0.15) is 0 Å². The van der Waals surface area contributed by atoms with E-state index in [9.17, 15) is 4.79 Å². The number of hydrogen-bond acceptors (Lipinski definition) is 2. The summed E-state index contributed by atoms with van der Waals surface area (Å²) in [6, 6.07) is 8.51. The second-order valence-electron chi connectivity index (χ2n) is 2.44. The maximum atomic E-state index is 11.3. The van der Waals surface area contributed by atoms with Crippen molar-refractivity contribution < 1.29 is 4.79 Å². The molecule has 0 saturated heterocycles. The Morgan fingerprint density at radius 1 is 1.55 bits per heavy atom. The molecule has 1 heterocycles. The number of benzene rings is 1. The molecule has 1 nitrogen and oxygen atoms in total. The Morgan fingerprint density at radius 2 is 2.45 bits per heavy atom. The van der Waals surface area contributed by atoms with Gasteiger partial charge in [-0.1, -0.05) is 6.07 Å². The lowest BCUT2D eigenvalue weighted by atomic mass is 10.1. The molecule has 2 heteroatoms. The van der Waals surface area contributed by atoms with E-state index in [1.165, 1.54) is 0 Å². The van der Waals surface area contributed by atoms with Crippen molar-refractivity contribution in [2.24, 2.45) is 0 Å². The Balaban J connectivity index is 2.52. The van der Waals surface area contributed by atoms with E-state index in [-0.39, 0.29) is 5.78 Å². The summed E-state index contributed by atoms with van der Waals surface area (Å²) in [5.74, 6) is 1.19. The standard InChI is InChI=1S/C9H7OS/c10-8-5-6-11-9-4-2-1-3-7(8)9/h2-4H,5-6H2. The zero-order valence-electron chi connectivity index (χ0n) is 5.96. The Labute approximate surface area is 69.8 Å². The lowest BCUT2D eigenvalue weighted by molar-refractivity contribution is 0.0985. The molecule has 55 valence electrons. The van der Waals surface area contributed by atoms with E-state index in [0.717, 1.165) is 16.2 Å². The SMILES string of the molecule is O=C1CCSc2cc[c]cc21. The van der Waals surface area contributed by atoms with Crippen LogP contribution in [0.5, 0.6) is 0 Å². The first kappa shape index (κ1) is 6.92. The van der Waals surface area contributed by atoms with Crippen LogP contribution in [0, 0.1) is 6.07 Å². The molecule has 1 radical (unpaired) electrons. The Hall–Kier alpha value is -0.760. The highest BCUT2D eigenvalue weighted by molar-refractivity contribution is 7.99. The highest BCUT2D eigenvalue weighted by atomic mass is 32.2. The number of hydrogen-bond donors (Lipinski definition) is 0. The molecule has 11 heavy (non-hydrogen) atoms. The molecule has 1 aliphatic rings. The van der Waals surface area contributed by atoms with Gasteiger partial charge >= 0.3 is 0 Å². The number of carbonyl (C=O) groups excluding carboxylic acids is 1.